The SMILES string of the molecule is CCCNCC1CCN(Cc2ccccc2Br)C1. The Kier molecular flexibility index (Phi) is 5.67. The predicted molar refractivity (Wildman–Crippen MR) is 80.7 cm³/mol. The van der Waals surface area contributed by atoms with E-state index in [2.05, 4.69) is 57.3 Å². The van der Waals surface area contributed by atoms with E-state index >= 15 is 0 Å². The fourth-order valence-corrected chi connectivity index (χ4v) is 2.98. The van der Waals surface area contributed by atoms with Crippen molar-refractivity contribution in [1.29, 1.82) is 0 Å². The molecule has 1 heterocycles. The Morgan fingerprint density at radius 1 is 1.39 bits per heavy atom. The standard InChI is InChI=1S/C15H23BrN2/c1-2-8-17-10-13-7-9-18(11-13)12-14-5-3-4-6-15(14)16/h3-6,13,17H,2,7-12H2,1H3. The average molecular weight is 311 g/mol. The van der Waals surface area contributed by atoms with Gasteiger partial charge < -0.3 is 5.32 Å². The van der Waals surface area contributed by atoms with Gasteiger partial charge in [0.25, 0.3) is 0 Å². The van der Waals surface area contributed by atoms with Crippen LogP contribution in [-0.4, -0.2) is 31.1 Å². The summed E-state index contributed by atoms with van der Waals surface area (Å²) in [7, 11) is 0. The lowest BCUT2D eigenvalue weighted by Crippen LogP contribution is -2.26. The molecule has 100 valence electrons. The zero-order chi connectivity index (χ0) is 12.8. The van der Waals surface area contributed by atoms with E-state index in [1.54, 1.807) is 0 Å². The number of nitrogens with zero attached hydrogens (tertiary/aromatic N) is 1. The van der Waals surface area contributed by atoms with E-state index in [0.717, 1.165) is 19.0 Å². The van der Waals surface area contributed by atoms with Crippen molar-refractivity contribution < 1.29 is 0 Å². The van der Waals surface area contributed by atoms with Crippen LogP contribution in [-0.2, 0) is 6.54 Å². The second kappa shape index (κ2) is 7.27. The maximum Gasteiger partial charge on any atom is 0.0245 e. The molecule has 3 heteroatoms. The largest absolute Gasteiger partial charge is 0.316 e. The van der Waals surface area contributed by atoms with E-state index < -0.39 is 0 Å². The minimum atomic E-state index is 0.832. The summed E-state index contributed by atoms with van der Waals surface area (Å²) in [5, 5.41) is 3.54. The van der Waals surface area contributed by atoms with Gasteiger partial charge in [-0.25, -0.2) is 0 Å². The first-order chi connectivity index (χ1) is 8.79. The van der Waals surface area contributed by atoms with Crippen LogP contribution >= 0.6 is 15.9 Å². The molecule has 1 aromatic carbocycles. The second-order valence-electron chi connectivity index (χ2n) is 5.19. The lowest BCUT2D eigenvalue weighted by atomic mass is 10.1. The number of benzene rings is 1. The van der Waals surface area contributed by atoms with Crippen molar-refractivity contribution in [2.45, 2.75) is 26.3 Å². The third-order valence-electron chi connectivity index (χ3n) is 3.58. The molecule has 0 spiro atoms. The first-order valence-electron chi connectivity index (χ1n) is 6.96. The quantitative estimate of drug-likeness (QED) is 0.811. The number of nitrogens with one attached hydrogen (secondary N) is 1. The Bertz CT molecular complexity index is 367. The molecule has 1 N–H and O–H groups in total. The molecule has 1 saturated heterocycles. The fourth-order valence-electron chi connectivity index (χ4n) is 2.57. The molecule has 1 atom stereocenters. The van der Waals surface area contributed by atoms with Gasteiger partial charge in [0.15, 0.2) is 0 Å². The summed E-state index contributed by atoms with van der Waals surface area (Å²) >= 11 is 3.63. The molecular weight excluding hydrogens is 288 g/mol. The fraction of sp³-hybridized carbons (Fsp3) is 0.600. The van der Waals surface area contributed by atoms with Crippen molar-refractivity contribution in [3.63, 3.8) is 0 Å². The summed E-state index contributed by atoms with van der Waals surface area (Å²) in [6.45, 7) is 8.10. The summed E-state index contributed by atoms with van der Waals surface area (Å²) in [5.41, 5.74) is 1.40. The van der Waals surface area contributed by atoms with Gasteiger partial charge in [0, 0.05) is 17.6 Å². The molecule has 0 bridgehead atoms. The Balaban J connectivity index is 1.77. The summed E-state index contributed by atoms with van der Waals surface area (Å²) in [5.74, 6) is 0.832. The molecule has 0 aromatic heterocycles. The van der Waals surface area contributed by atoms with Crippen LogP contribution in [0.25, 0.3) is 0 Å². The summed E-state index contributed by atoms with van der Waals surface area (Å²) in [4.78, 5) is 2.57. The molecule has 0 saturated carbocycles. The third kappa shape index (κ3) is 4.08. The van der Waals surface area contributed by atoms with Crippen LogP contribution in [0.1, 0.15) is 25.3 Å². The van der Waals surface area contributed by atoms with Crippen LogP contribution in [0.2, 0.25) is 0 Å². The molecular formula is C15H23BrN2. The lowest BCUT2D eigenvalue weighted by Gasteiger charge is -2.17. The minimum absolute atomic E-state index is 0.832. The van der Waals surface area contributed by atoms with E-state index in [0.29, 0.717) is 0 Å². The number of rotatable bonds is 6. The third-order valence-corrected chi connectivity index (χ3v) is 4.36. The van der Waals surface area contributed by atoms with E-state index in [1.165, 1.54) is 42.5 Å². The zero-order valence-electron chi connectivity index (χ0n) is 11.2. The molecule has 1 aliphatic rings. The Hall–Kier alpha value is -0.380. The van der Waals surface area contributed by atoms with Crippen LogP contribution in [0.4, 0.5) is 0 Å². The van der Waals surface area contributed by atoms with Gasteiger partial charge in [0.1, 0.15) is 0 Å². The van der Waals surface area contributed by atoms with Gasteiger partial charge in [0.05, 0.1) is 0 Å². The molecule has 1 fully saturated rings. The normalized spacial score (nSPS) is 20.4. The van der Waals surface area contributed by atoms with Gasteiger partial charge in [-0.15, -0.1) is 0 Å². The monoisotopic (exact) mass is 310 g/mol. The van der Waals surface area contributed by atoms with Gasteiger partial charge in [0.2, 0.25) is 0 Å². The van der Waals surface area contributed by atoms with Crippen molar-refractivity contribution in [2.75, 3.05) is 26.2 Å². The molecule has 2 nitrogen and oxygen atoms in total. The molecule has 2 rings (SSSR count). The summed E-state index contributed by atoms with van der Waals surface area (Å²) < 4.78 is 1.23. The maximum absolute atomic E-state index is 3.63. The number of hydrogen-bond donors (Lipinski definition) is 1. The van der Waals surface area contributed by atoms with E-state index in [-0.39, 0.29) is 0 Å². The van der Waals surface area contributed by atoms with Crippen LogP contribution in [0.3, 0.4) is 0 Å². The Morgan fingerprint density at radius 2 is 2.22 bits per heavy atom. The smallest absolute Gasteiger partial charge is 0.0245 e. The molecule has 1 unspecified atom stereocenters. The number of halogens is 1. The highest BCUT2D eigenvalue weighted by atomic mass is 79.9. The zero-order valence-corrected chi connectivity index (χ0v) is 12.7. The van der Waals surface area contributed by atoms with E-state index in [4.69, 9.17) is 0 Å². The van der Waals surface area contributed by atoms with Gasteiger partial charge >= 0.3 is 0 Å². The van der Waals surface area contributed by atoms with Gasteiger partial charge in [-0.2, -0.15) is 0 Å². The lowest BCUT2D eigenvalue weighted by molar-refractivity contribution is 0.314. The van der Waals surface area contributed by atoms with E-state index in [1.807, 2.05) is 0 Å². The average Bonchev–Trinajstić information content (AvgIpc) is 2.80. The highest BCUT2D eigenvalue weighted by molar-refractivity contribution is 9.10. The Labute approximate surface area is 119 Å². The summed E-state index contributed by atoms with van der Waals surface area (Å²) in [6, 6.07) is 8.55. The molecule has 1 aliphatic heterocycles. The highest BCUT2D eigenvalue weighted by Gasteiger charge is 2.22. The topological polar surface area (TPSA) is 15.3 Å². The predicted octanol–water partition coefficient (Wildman–Crippen LogP) is 3.27. The Morgan fingerprint density at radius 3 is 3.00 bits per heavy atom. The van der Waals surface area contributed by atoms with Gasteiger partial charge in [-0.3, -0.25) is 4.90 Å². The van der Waals surface area contributed by atoms with E-state index in [9.17, 15) is 0 Å². The first-order valence-corrected chi connectivity index (χ1v) is 7.75. The number of hydrogen-bond acceptors (Lipinski definition) is 2. The van der Waals surface area contributed by atoms with Crippen LogP contribution in [0.5, 0.6) is 0 Å². The van der Waals surface area contributed by atoms with Gasteiger partial charge in [-0.1, -0.05) is 41.1 Å². The summed E-state index contributed by atoms with van der Waals surface area (Å²) in [6.07, 6.45) is 2.56. The highest BCUT2D eigenvalue weighted by Crippen LogP contribution is 2.22. The number of likely N-dealkylation sites (tertiary alicyclic amines) is 1. The molecule has 0 amide bonds. The molecule has 0 radical (unpaired) electrons. The first kappa shape index (κ1) is 14.0. The maximum atomic E-state index is 3.63. The van der Waals surface area contributed by atoms with Crippen molar-refractivity contribution >= 4 is 15.9 Å². The van der Waals surface area contributed by atoms with Crippen molar-refractivity contribution in [1.82, 2.24) is 10.2 Å². The minimum Gasteiger partial charge on any atom is -0.316 e. The van der Waals surface area contributed by atoms with Crippen LogP contribution in [0.15, 0.2) is 28.7 Å². The van der Waals surface area contributed by atoms with Crippen molar-refractivity contribution in [2.24, 2.45) is 5.92 Å². The van der Waals surface area contributed by atoms with Crippen LogP contribution in [0, 0.1) is 5.92 Å². The van der Waals surface area contributed by atoms with Crippen LogP contribution < -0.4 is 5.32 Å². The molecule has 1 aromatic rings. The van der Waals surface area contributed by atoms with Gasteiger partial charge in [-0.05, 0) is 50.0 Å². The molecule has 0 aliphatic carbocycles. The van der Waals surface area contributed by atoms with Crippen molar-refractivity contribution in [3.8, 4) is 0 Å². The second-order valence-corrected chi connectivity index (χ2v) is 6.04. The van der Waals surface area contributed by atoms with Crippen molar-refractivity contribution in [3.05, 3.63) is 34.3 Å². The molecule has 18 heavy (non-hydrogen) atoms.